The Morgan fingerprint density at radius 1 is 1.57 bits per heavy atom. The summed E-state index contributed by atoms with van der Waals surface area (Å²) in [6.07, 6.45) is 2.89. The fourth-order valence-electron chi connectivity index (χ4n) is 1.58. The van der Waals surface area contributed by atoms with Gasteiger partial charge in [-0.2, -0.15) is 0 Å². The molecule has 0 saturated heterocycles. The summed E-state index contributed by atoms with van der Waals surface area (Å²) < 4.78 is 5.19. The Morgan fingerprint density at radius 3 is 3.21 bits per heavy atom. The van der Waals surface area contributed by atoms with Gasteiger partial charge in [-0.05, 0) is 17.5 Å². The highest BCUT2D eigenvalue weighted by molar-refractivity contribution is 5.77. The van der Waals surface area contributed by atoms with E-state index in [4.69, 9.17) is 4.42 Å². The van der Waals surface area contributed by atoms with Crippen molar-refractivity contribution in [2.24, 2.45) is 0 Å². The Balaban J connectivity index is 2.50. The first-order valence-corrected chi connectivity index (χ1v) is 4.58. The highest BCUT2D eigenvalue weighted by atomic mass is 16.3. The molecule has 0 radical (unpaired) electrons. The first-order chi connectivity index (χ1) is 6.83. The van der Waals surface area contributed by atoms with E-state index in [2.05, 4.69) is 4.98 Å². The third-order valence-corrected chi connectivity index (χ3v) is 2.37. The second-order valence-electron chi connectivity index (χ2n) is 3.35. The number of aromatic nitrogens is 1. The zero-order valence-electron chi connectivity index (χ0n) is 7.93. The van der Waals surface area contributed by atoms with E-state index in [0.29, 0.717) is 6.42 Å². The van der Waals surface area contributed by atoms with Gasteiger partial charge in [0, 0.05) is 6.42 Å². The number of rotatable bonds is 3. The van der Waals surface area contributed by atoms with Crippen LogP contribution >= 0.6 is 0 Å². The SMILES string of the molecule is CC(CC=O)c1cccc2ocnc12. The molecule has 1 heterocycles. The molecule has 1 atom stereocenters. The van der Waals surface area contributed by atoms with Crippen molar-refractivity contribution in [3.05, 3.63) is 30.2 Å². The zero-order valence-corrected chi connectivity index (χ0v) is 7.93. The molecular weight excluding hydrogens is 178 g/mol. The van der Waals surface area contributed by atoms with E-state index in [1.54, 1.807) is 0 Å². The molecule has 1 aromatic heterocycles. The molecule has 0 saturated carbocycles. The summed E-state index contributed by atoms with van der Waals surface area (Å²) in [7, 11) is 0. The summed E-state index contributed by atoms with van der Waals surface area (Å²) in [6, 6.07) is 5.78. The van der Waals surface area contributed by atoms with Crippen LogP contribution in [0.3, 0.4) is 0 Å². The molecule has 0 spiro atoms. The van der Waals surface area contributed by atoms with Crippen LogP contribution in [0.4, 0.5) is 0 Å². The van der Waals surface area contributed by atoms with Gasteiger partial charge in [-0.3, -0.25) is 0 Å². The van der Waals surface area contributed by atoms with Gasteiger partial charge in [0.15, 0.2) is 12.0 Å². The minimum absolute atomic E-state index is 0.196. The smallest absolute Gasteiger partial charge is 0.181 e. The number of oxazole rings is 1. The lowest BCUT2D eigenvalue weighted by Crippen LogP contribution is -1.95. The molecule has 0 aliphatic rings. The van der Waals surface area contributed by atoms with E-state index in [1.807, 2.05) is 25.1 Å². The molecule has 72 valence electrons. The summed E-state index contributed by atoms with van der Waals surface area (Å²) in [5.41, 5.74) is 2.71. The molecule has 0 aliphatic carbocycles. The summed E-state index contributed by atoms with van der Waals surface area (Å²) in [5.74, 6) is 0.196. The lowest BCUT2D eigenvalue weighted by molar-refractivity contribution is -0.108. The van der Waals surface area contributed by atoms with Crippen molar-refractivity contribution in [2.75, 3.05) is 0 Å². The van der Waals surface area contributed by atoms with Crippen LogP contribution < -0.4 is 0 Å². The fourth-order valence-corrected chi connectivity index (χ4v) is 1.58. The van der Waals surface area contributed by atoms with E-state index < -0.39 is 0 Å². The number of para-hydroxylation sites is 1. The van der Waals surface area contributed by atoms with E-state index in [-0.39, 0.29) is 5.92 Å². The van der Waals surface area contributed by atoms with E-state index in [9.17, 15) is 4.79 Å². The Bertz CT molecular complexity index is 447. The van der Waals surface area contributed by atoms with Gasteiger partial charge in [-0.25, -0.2) is 4.98 Å². The number of hydrogen-bond acceptors (Lipinski definition) is 3. The van der Waals surface area contributed by atoms with Crippen LogP contribution in [-0.2, 0) is 4.79 Å². The Kier molecular flexibility index (Phi) is 2.31. The predicted octanol–water partition coefficient (Wildman–Crippen LogP) is 2.52. The number of benzene rings is 1. The first kappa shape index (κ1) is 8.94. The van der Waals surface area contributed by atoms with E-state index in [0.717, 1.165) is 22.9 Å². The molecule has 3 heteroatoms. The summed E-state index contributed by atoms with van der Waals surface area (Å²) in [6.45, 7) is 2.01. The van der Waals surface area contributed by atoms with Crippen LogP contribution in [-0.4, -0.2) is 11.3 Å². The quantitative estimate of drug-likeness (QED) is 0.697. The Labute approximate surface area is 81.7 Å². The molecular formula is C11H11NO2. The Hall–Kier alpha value is -1.64. The van der Waals surface area contributed by atoms with Crippen LogP contribution in [0.5, 0.6) is 0 Å². The summed E-state index contributed by atoms with van der Waals surface area (Å²) in [4.78, 5) is 14.6. The second kappa shape index (κ2) is 3.62. The molecule has 0 amide bonds. The van der Waals surface area contributed by atoms with Gasteiger partial charge >= 0.3 is 0 Å². The highest BCUT2D eigenvalue weighted by Gasteiger charge is 2.10. The number of fused-ring (bicyclic) bond motifs is 1. The molecule has 0 aliphatic heterocycles. The monoisotopic (exact) mass is 189 g/mol. The molecule has 14 heavy (non-hydrogen) atoms. The molecule has 3 nitrogen and oxygen atoms in total. The fraction of sp³-hybridized carbons (Fsp3) is 0.273. The normalized spacial score (nSPS) is 12.9. The molecule has 0 fully saturated rings. The van der Waals surface area contributed by atoms with Crippen LogP contribution in [0.1, 0.15) is 24.8 Å². The van der Waals surface area contributed by atoms with Gasteiger partial charge < -0.3 is 9.21 Å². The van der Waals surface area contributed by atoms with Crippen molar-refractivity contribution in [1.29, 1.82) is 0 Å². The predicted molar refractivity (Wildman–Crippen MR) is 53.1 cm³/mol. The van der Waals surface area contributed by atoms with Gasteiger partial charge in [-0.1, -0.05) is 19.1 Å². The standard InChI is InChI=1S/C11H11NO2/c1-8(5-6-13)9-3-2-4-10-11(9)12-7-14-10/h2-4,6-8H,5H2,1H3. The lowest BCUT2D eigenvalue weighted by atomic mass is 9.97. The number of hydrogen-bond donors (Lipinski definition) is 0. The highest BCUT2D eigenvalue weighted by Crippen LogP contribution is 2.25. The molecule has 0 bridgehead atoms. The largest absolute Gasteiger partial charge is 0.443 e. The van der Waals surface area contributed by atoms with Crippen molar-refractivity contribution < 1.29 is 9.21 Å². The van der Waals surface area contributed by atoms with Crippen molar-refractivity contribution in [2.45, 2.75) is 19.3 Å². The van der Waals surface area contributed by atoms with Crippen molar-refractivity contribution >= 4 is 17.4 Å². The van der Waals surface area contributed by atoms with Gasteiger partial charge in [0.1, 0.15) is 11.8 Å². The maximum absolute atomic E-state index is 10.4. The van der Waals surface area contributed by atoms with Crippen molar-refractivity contribution in [1.82, 2.24) is 4.98 Å². The molecule has 2 rings (SSSR count). The lowest BCUT2D eigenvalue weighted by Gasteiger charge is -2.07. The molecule has 2 aromatic rings. The molecule has 0 N–H and O–H groups in total. The topological polar surface area (TPSA) is 43.1 Å². The van der Waals surface area contributed by atoms with Gasteiger partial charge in [0.25, 0.3) is 0 Å². The van der Waals surface area contributed by atoms with Gasteiger partial charge in [-0.15, -0.1) is 0 Å². The van der Waals surface area contributed by atoms with Crippen LogP contribution in [0, 0.1) is 0 Å². The minimum atomic E-state index is 0.196. The average molecular weight is 189 g/mol. The van der Waals surface area contributed by atoms with Gasteiger partial charge in [0.05, 0.1) is 0 Å². The third-order valence-electron chi connectivity index (χ3n) is 2.37. The van der Waals surface area contributed by atoms with Crippen molar-refractivity contribution in [3.8, 4) is 0 Å². The van der Waals surface area contributed by atoms with Crippen molar-refractivity contribution in [3.63, 3.8) is 0 Å². The minimum Gasteiger partial charge on any atom is -0.443 e. The number of carbonyl (C=O) groups excluding carboxylic acids is 1. The molecule has 1 aromatic carbocycles. The van der Waals surface area contributed by atoms with Crippen LogP contribution in [0.15, 0.2) is 29.0 Å². The van der Waals surface area contributed by atoms with Crippen LogP contribution in [0.2, 0.25) is 0 Å². The van der Waals surface area contributed by atoms with E-state index in [1.165, 1.54) is 6.39 Å². The summed E-state index contributed by atoms with van der Waals surface area (Å²) >= 11 is 0. The molecule has 1 unspecified atom stereocenters. The first-order valence-electron chi connectivity index (χ1n) is 4.58. The zero-order chi connectivity index (χ0) is 9.97. The van der Waals surface area contributed by atoms with E-state index >= 15 is 0 Å². The number of aldehydes is 1. The summed E-state index contributed by atoms with van der Waals surface area (Å²) in [5, 5.41) is 0. The maximum atomic E-state index is 10.4. The number of carbonyl (C=O) groups is 1. The van der Waals surface area contributed by atoms with Crippen LogP contribution in [0.25, 0.3) is 11.1 Å². The van der Waals surface area contributed by atoms with Gasteiger partial charge in [0.2, 0.25) is 0 Å². The average Bonchev–Trinajstić information content (AvgIpc) is 2.65. The third kappa shape index (κ3) is 1.41. The second-order valence-corrected chi connectivity index (χ2v) is 3.35. The number of nitrogens with zero attached hydrogens (tertiary/aromatic N) is 1. The Morgan fingerprint density at radius 2 is 2.43 bits per heavy atom. The maximum Gasteiger partial charge on any atom is 0.181 e.